The maximum absolute atomic E-state index is 12.5. The van der Waals surface area contributed by atoms with Gasteiger partial charge in [0.25, 0.3) is 5.91 Å². The molecular weight excluding hydrogens is 332 g/mol. The molecular formula is C18H24N6O2. The number of pyridine rings is 1. The smallest absolute Gasteiger partial charge is 0.315 e. The Morgan fingerprint density at radius 1 is 1.31 bits per heavy atom. The second kappa shape index (κ2) is 7.99. The van der Waals surface area contributed by atoms with Gasteiger partial charge in [0, 0.05) is 31.9 Å². The minimum atomic E-state index is -0.183. The summed E-state index contributed by atoms with van der Waals surface area (Å²) in [4.78, 5) is 28.4. The van der Waals surface area contributed by atoms with Crippen LogP contribution in [0.4, 0.5) is 4.79 Å². The van der Waals surface area contributed by atoms with Gasteiger partial charge < -0.3 is 16.0 Å². The number of hydrogen-bond acceptors (Lipinski definition) is 4. The predicted molar refractivity (Wildman–Crippen MR) is 96.5 cm³/mol. The topological polar surface area (TPSA) is 101 Å². The van der Waals surface area contributed by atoms with Gasteiger partial charge in [-0.3, -0.25) is 14.5 Å². The van der Waals surface area contributed by atoms with E-state index in [-0.39, 0.29) is 18.0 Å². The van der Waals surface area contributed by atoms with E-state index in [0.29, 0.717) is 37.5 Å². The van der Waals surface area contributed by atoms with E-state index in [9.17, 15) is 9.59 Å². The summed E-state index contributed by atoms with van der Waals surface area (Å²) >= 11 is 0. The molecule has 0 aromatic carbocycles. The van der Waals surface area contributed by atoms with Crippen molar-refractivity contribution in [2.75, 3.05) is 6.54 Å². The lowest BCUT2D eigenvalue weighted by molar-refractivity contribution is 0.0950. The van der Waals surface area contributed by atoms with Gasteiger partial charge in [0.05, 0.1) is 30.0 Å². The first-order chi connectivity index (χ1) is 12.5. The van der Waals surface area contributed by atoms with Gasteiger partial charge in [-0.25, -0.2) is 4.79 Å². The molecule has 8 nitrogen and oxygen atoms in total. The molecule has 2 aromatic heterocycles. The average Bonchev–Trinajstić information content (AvgIpc) is 3.18. The maximum Gasteiger partial charge on any atom is 0.315 e. The molecule has 0 bridgehead atoms. The van der Waals surface area contributed by atoms with Crippen LogP contribution in [0.5, 0.6) is 0 Å². The Kier molecular flexibility index (Phi) is 5.50. The molecule has 0 saturated carbocycles. The number of rotatable bonds is 6. The zero-order valence-corrected chi connectivity index (χ0v) is 15.0. The number of aromatic nitrogens is 3. The predicted octanol–water partition coefficient (Wildman–Crippen LogP) is 1.09. The molecule has 0 unspecified atom stereocenters. The van der Waals surface area contributed by atoms with Crippen LogP contribution >= 0.6 is 0 Å². The van der Waals surface area contributed by atoms with Crippen molar-refractivity contribution in [3.63, 3.8) is 0 Å². The number of carbonyl (C=O) groups is 2. The molecule has 3 heterocycles. The Labute approximate surface area is 152 Å². The average molecular weight is 356 g/mol. The van der Waals surface area contributed by atoms with Crippen molar-refractivity contribution in [1.82, 2.24) is 30.7 Å². The molecule has 26 heavy (non-hydrogen) atoms. The number of hydrogen-bond donors (Lipinski definition) is 3. The van der Waals surface area contributed by atoms with Gasteiger partial charge in [-0.15, -0.1) is 0 Å². The van der Waals surface area contributed by atoms with Crippen molar-refractivity contribution in [2.45, 2.75) is 39.4 Å². The van der Waals surface area contributed by atoms with Gasteiger partial charge >= 0.3 is 6.03 Å². The van der Waals surface area contributed by atoms with E-state index in [1.54, 1.807) is 23.3 Å². The number of amides is 3. The first kappa shape index (κ1) is 17.9. The largest absolute Gasteiger partial charge is 0.348 e. The molecule has 3 N–H and O–H groups in total. The van der Waals surface area contributed by atoms with Crippen molar-refractivity contribution >= 4 is 11.9 Å². The van der Waals surface area contributed by atoms with Gasteiger partial charge in [0.15, 0.2) is 0 Å². The number of nitrogens with one attached hydrogen (secondary N) is 3. The highest BCUT2D eigenvalue weighted by Crippen LogP contribution is 2.19. The van der Waals surface area contributed by atoms with Crippen LogP contribution in [0.3, 0.4) is 0 Å². The summed E-state index contributed by atoms with van der Waals surface area (Å²) in [5.74, 6) is 0.231. The Morgan fingerprint density at radius 2 is 2.15 bits per heavy atom. The van der Waals surface area contributed by atoms with Crippen LogP contribution in [0.15, 0.2) is 30.7 Å². The van der Waals surface area contributed by atoms with Crippen LogP contribution in [-0.4, -0.2) is 39.3 Å². The van der Waals surface area contributed by atoms with Crippen molar-refractivity contribution in [2.24, 2.45) is 5.92 Å². The van der Waals surface area contributed by atoms with Crippen molar-refractivity contribution in [3.05, 3.63) is 47.5 Å². The van der Waals surface area contributed by atoms with Crippen LogP contribution in [0.1, 0.15) is 35.5 Å². The summed E-state index contributed by atoms with van der Waals surface area (Å²) in [5, 5.41) is 12.9. The lowest BCUT2D eigenvalue weighted by Crippen LogP contribution is -2.44. The van der Waals surface area contributed by atoms with E-state index in [4.69, 9.17) is 0 Å². The SMILES string of the molecule is CC(C)CNC(=O)N[C@H]1Cc2c(C(=O)NCc3cccnc3)cnn2C1. The molecule has 0 aliphatic carbocycles. The number of fused-ring (bicyclic) bond motifs is 1. The zero-order chi connectivity index (χ0) is 18.5. The number of urea groups is 1. The van der Waals surface area contributed by atoms with Crippen molar-refractivity contribution in [3.8, 4) is 0 Å². The molecule has 2 aromatic rings. The van der Waals surface area contributed by atoms with Gasteiger partial charge in [0.2, 0.25) is 0 Å². The maximum atomic E-state index is 12.5. The highest BCUT2D eigenvalue weighted by Gasteiger charge is 2.28. The van der Waals surface area contributed by atoms with Crippen LogP contribution in [0.2, 0.25) is 0 Å². The molecule has 1 atom stereocenters. The number of carbonyl (C=O) groups excluding carboxylic acids is 2. The third kappa shape index (κ3) is 4.38. The van der Waals surface area contributed by atoms with E-state index in [2.05, 4.69) is 26.0 Å². The molecule has 3 amide bonds. The summed E-state index contributed by atoms with van der Waals surface area (Å²) in [6, 6.07) is 3.50. The molecule has 0 radical (unpaired) electrons. The van der Waals surface area contributed by atoms with Gasteiger partial charge in [-0.05, 0) is 17.5 Å². The summed E-state index contributed by atoms with van der Waals surface area (Å²) in [7, 11) is 0. The number of nitrogens with zero attached hydrogens (tertiary/aromatic N) is 3. The van der Waals surface area contributed by atoms with E-state index < -0.39 is 0 Å². The first-order valence-electron chi connectivity index (χ1n) is 8.79. The Morgan fingerprint density at radius 3 is 2.88 bits per heavy atom. The standard InChI is InChI=1S/C18H24N6O2/c1-12(2)7-21-18(26)23-14-6-16-15(10-22-24(16)11-14)17(25)20-9-13-4-3-5-19-8-13/h3-5,8,10,12,14H,6-7,9,11H2,1-2H3,(H,20,25)(H2,21,23,26)/t14-/m0/s1. The van der Waals surface area contributed by atoms with E-state index in [1.807, 2.05) is 26.0 Å². The fourth-order valence-corrected chi connectivity index (χ4v) is 2.89. The highest BCUT2D eigenvalue weighted by atomic mass is 16.2. The van der Waals surface area contributed by atoms with Crippen LogP contribution in [-0.2, 0) is 19.5 Å². The summed E-state index contributed by atoms with van der Waals surface area (Å²) in [5.41, 5.74) is 2.34. The monoisotopic (exact) mass is 356 g/mol. The first-order valence-corrected chi connectivity index (χ1v) is 8.79. The van der Waals surface area contributed by atoms with Gasteiger partial charge in [0.1, 0.15) is 0 Å². The molecule has 0 spiro atoms. The lowest BCUT2D eigenvalue weighted by atomic mass is 10.1. The van der Waals surface area contributed by atoms with Crippen LogP contribution < -0.4 is 16.0 Å². The second-order valence-electron chi connectivity index (χ2n) is 6.88. The summed E-state index contributed by atoms with van der Waals surface area (Å²) < 4.78 is 1.78. The fraction of sp³-hybridized carbons (Fsp3) is 0.444. The van der Waals surface area contributed by atoms with Crippen LogP contribution in [0.25, 0.3) is 0 Å². The fourth-order valence-electron chi connectivity index (χ4n) is 2.89. The molecule has 1 aliphatic heterocycles. The van der Waals surface area contributed by atoms with Gasteiger partial charge in [-0.1, -0.05) is 19.9 Å². The third-order valence-corrected chi connectivity index (χ3v) is 4.21. The Bertz CT molecular complexity index is 771. The Balaban J connectivity index is 1.54. The summed E-state index contributed by atoms with van der Waals surface area (Å²) in [6.45, 7) is 5.70. The molecule has 0 saturated heterocycles. The van der Waals surface area contributed by atoms with E-state index in [0.717, 1.165) is 11.3 Å². The zero-order valence-electron chi connectivity index (χ0n) is 15.0. The van der Waals surface area contributed by atoms with Crippen molar-refractivity contribution in [1.29, 1.82) is 0 Å². The Hall–Kier alpha value is -2.90. The molecule has 0 fully saturated rings. The minimum Gasteiger partial charge on any atom is -0.348 e. The van der Waals surface area contributed by atoms with E-state index in [1.165, 1.54) is 0 Å². The minimum absolute atomic E-state index is 0.0595. The van der Waals surface area contributed by atoms with Gasteiger partial charge in [-0.2, -0.15) is 5.10 Å². The molecule has 3 rings (SSSR count). The normalized spacial score (nSPS) is 15.6. The molecule has 8 heteroatoms. The lowest BCUT2D eigenvalue weighted by Gasteiger charge is -2.14. The molecule has 138 valence electrons. The highest BCUT2D eigenvalue weighted by molar-refractivity contribution is 5.95. The van der Waals surface area contributed by atoms with Crippen molar-refractivity contribution < 1.29 is 9.59 Å². The summed E-state index contributed by atoms with van der Waals surface area (Å²) in [6.07, 6.45) is 5.59. The van der Waals surface area contributed by atoms with Crippen LogP contribution in [0, 0.1) is 5.92 Å². The molecule has 1 aliphatic rings. The quantitative estimate of drug-likeness (QED) is 0.721. The second-order valence-corrected chi connectivity index (χ2v) is 6.88. The van der Waals surface area contributed by atoms with E-state index >= 15 is 0 Å². The third-order valence-electron chi connectivity index (χ3n) is 4.21.